The number of nitrogens with two attached hydrogens (primary N) is 1. The predicted octanol–water partition coefficient (Wildman–Crippen LogP) is 7.07. The Morgan fingerprint density at radius 1 is 1.00 bits per heavy atom. The highest BCUT2D eigenvalue weighted by Gasteiger charge is 2.21. The molecule has 0 spiro atoms. The third-order valence-electron chi connectivity index (χ3n) is 8.11. The second kappa shape index (κ2) is 12.6. The molecule has 1 atom stereocenters. The fourth-order valence-corrected chi connectivity index (χ4v) is 5.82. The van der Waals surface area contributed by atoms with Crippen LogP contribution in [-0.4, -0.2) is 33.7 Å². The second-order valence-electron chi connectivity index (χ2n) is 11.3. The molecule has 7 nitrogen and oxygen atoms in total. The largest absolute Gasteiger partial charge is 0.490 e. The summed E-state index contributed by atoms with van der Waals surface area (Å²) in [7, 11) is 0. The Hall–Kier alpha value is -4.49. The van der Waals surface area contributed by atoms with Gasteiger partial charge in [0.25, 0.3) is 0 Å². The van der Waals surface area contributed by atoms with Gasteiger partial charge in [-0.2, -0.15) is 5.10 Å². The van der Waals surface area contributed by atoms with Gasteiger partial charge in [0.05, 0.1) is 23.1 Å². The van der Waals surface area contributed by atoms with Gasteiger partial charge in [-0.3, -0.25) is 14.9 Å². The van der Waals surface area contributed by atoms with Gasteiger partial charge in [-0.15, -0.1) is 0 Å². The summed E-state index contributed by atoms with van der Waals surface area (Å²) in [5.74, 6) is 0.852. The van der Waals surface area contributed by atoms with Crippen LogP contribution in [0.3, 0.4) is 0 Å². The lowest BCUT2D eigenvalue weighted by atomic mass is 9.88. The Morgan fingerprint density at radius 2 is 1.83 bits per heavy atom. The molecule has 2 heterocycles. The fraction of sp³-hybridized carbons (Fsp3) is 0.286. The minimum atomic E-state index is -0.148. The van der Waals surface area contributed by atoms with Crippen molar-refractivity contribution in [3.05, 3.63) is 96.3 Å². The average molecular weight is 560 g/mol. The van der Waals surface area contributed by atoms with Crippen LogP contribution < -0.4 is 15.8 Å². The molecule has 7 heteroatoms. The summed E-state index contributed by atoms with van der Waals surface area (Å²) in [6, 6.07) is 26.3. The van der Waals surface area contributed by atoms with Crippen LogP contribution in [0.1, 0.15) is 43.4 Å². The first-order chi connectivity index (χ1) is 20.5. The topological polar surface area (TPSA) is 106 Å². The third kappa shape index (κ3) is 6.37. The van der Waals surface area contributed by atoms with Crippen LogP contribution in [0.4, 0.5) is 5.69 Å². The Labute approximate surface area is 246 Å². The first kappa shape index (κ1) is 27.7. The number of H-pyrrole nitrogens is 1. The third-order valence-corrected chi connectivity index (χ3v) is 8.11. The number of rotatable bonds is 9. The number of ether oxygens (including phenoxy) is 1. The van der Waals surface area contributed by atoms with Crippen LogP contribution in [0.2, 0.25) is 0 Å². The van der Waals surface area contributed by atoms with Gasteiger partial charge in [0.1, 0.15) is 12.4 Å². The number of nitrogens with zero attached hydrogens (tertiary/aromatic N) is 2. The number of amides is 1. The molecule has 3 aromatic carbocycles. The van der Waals surface area contributed by atoms with Crippen molar-refractivity contribution in [1.82, 2.24) is 15.2 Å². The van der Waals surface area contributed by atoms with Gasteiger partial charge in [-0.1, -0.05) is 67.8 Å². The maximum absolute atomic E-state index is 13.0. The van der Waals surface area contributed by atoms with Gasteiger partial charge in [-0.25, -0.2) is 0 Å². The summed E-state index contributed by atoms with van der Waals surface area (Å²) in [5, 5.41) is 11.7. The predicted molar refractivity (Wildman–Crippen MR) is 168 cm³/mol. The minimum Gasteiger partial charge on any atom is -0.490 e. The van der Waals surface area contributed by atoms with Crippen molar-refractivity contribution in [3.63, 3.8) is 0 Å². The summed E-state index contributed by atoms with van der Waals surface area (Å²) < 4.78 is 6.17. The van der Waals surface area contributed by atoms with Crippen molar-refractivity contribution >= 4 is 22.5 Å². The number of aromatic amines is 1. The summed E-state index contributed by atoms with van der Waals surface area (Å²) >= 11 is 0. The molecule has 1 aliphatic rings. The normalized spacial score (nSPS) is 14.5. The standard InChI is InChI=1S/C35H37N5O2/c1-23-31-19-26(15-16-33(31)40-39-23)32-20-30(42-22-28(36)17-24-9-4-2-5-10-24)21-37-34(32)27-13-8-14-29(18-27)38-35(41)25-11-6-3-7-12-25/h2,4-5,8-10,13-16,18-21,25,28H,3,6-7,11-12,17,22,36H2,1H3,(H,38,41)(H,39,40)/t28-/m0/s1. The zero-order valence-corrected chi connectivity index (χ0v) is 24.0. The maximum Gasteiger partial charge on any atom is 0.227 e. The molecule has 0 saturated heterocycles. The monoisotopic (exact) mass is 559 g/mol. The Kier molecular flexibility index (Phi) is 8.28. The van der Waals surface area contributed by atoms with Gasteiger partial charge in [0.15, 0.2) is 0 Å². The number of nitrogens with one attached hydrogen (secondary N) is 2. The number of aromatic nitrogens is 3. The summed E-state index contributed by atoms with van der Waals surface area (Å²) in [6.45, 7) is 2.37. The van der Waals surface area contributed by atoms with E-state index in [2.05, 4.69) is 39.8 Å². The number of pyridine rings is 1. The van der Waals surface area contributed by atoms with E-state index >= 15 is 0 Å². The highest BCUT2D eigenvalue weighted by atomic mass is 16.5. The van der Waals surface area contributed by atoms with Crippen molar-refractivity contribution in [2.75, 3.05) is 11.9 Å². The van der Waals surface area contributed by atoms with Gasteiger partial charge in [0, 0.05) is 34.2 Å². The molecule has 42 heavy (non-hydrogen) atoms. The lowest BCUT2D eigenvalue weighted by molar-refractivity contribution is -0.120. The SMILES string of the molecule is Cc1n[nH]c2ccc(-c3cc(OC[C@@H](N)Cc4ccccc4)cnc3-c3cccc(NC(=O)C4CCCCC4)c3)cc12. The highest BCUT2D eigenvalue weighted by Crippen LogP contribution is 2.36. The van der Waals surface area contributed by atoms with Crippen LogP contribution in [0.5, 0.6) is 5.75 Å². The molecular weight excluding hydrogens is 522 g/mol. The van der Waals surface area contributed by atoms with Crippen molar-refractivity contribution in [2.24, 2.45) is 11.7 Å². The number of hydrogen-bond acceptors (Lipinski definition) is 5. The Morgan fingerprint density at radius 3 is 2.67 bits per heavy atom. The van der Waals surface area contributed by atoms with Gasteiger partial charge in [0.2, 0.25) is 5.91 Å². The zero-order chi connectivity index (χ0) is 28.9. The van der Waals surface area contributed by atoms with Gasteiger partial charge in [-0.05, 0) is 67.6 Å². The molecule has 214 valence electrons. The lowest BCUT2D eigenvalue weighted by Gasteiger charge is -2.21. The minimum absolute atomic E-state index is 0.0886. The maximum atomic E-state index is 13.0. The van der Waals surface area contributed by atoms with Crippen LogP contribution in [0, 0.1) is 12.8 Å². The van der Waals surface area contributed by atoms with Crippen molar-refractivity contribution in [2.45, 2.75) is 51.5 Å². The van der Waals surface area contributed by atoms with E-state index in [-0.39, 0.29) is 17.9 Å². The fourth-order valence-electron chi connectivity index (χ4n) is 5.82. The number of aryl methyl sites for hydroxylation is 1. The van der Waals surface area contributed by atoms with Crippen molar-refractivity contribution in [1.29, 1.82) is 0 Å². The molecule has 0 bridgehead atoms. The average Bonchev–Trinajstić information content (AvgIpc) is 3.40. The molecule has 0 aliphatic heterocycles. The summed E-state index contributed by atoms with van der Waals surface area (Å²) in [6.07, 6.45) is 7.87. The number of anilines is 1. The molecule has 0 radical (unpaired) electrons. The van der Waals surface area contributed by atoms with E-state index < -0.39 is 0 Å². The molecular formula is C35H37N5O2. The number of carbonyl (C=O) groups is 1. The van der Waals surface area contributed by atoms with E-state index in [4.69, 9.17) is 15.5 Å². The number of benzene rings is 3. The summed E-state index contributed by atoms with van der Waals surface area (Å²) in [4.78, 5) is 17.8. The molecule has 1 saturated carbocycles. The first-order valence-electron chi connectivity index (χ1n) is 14.8. The van der Waals surface area contributed by atoms with E-state index in [9.17, 15) is 4.79 Å². The number of fused-ring (bicyclic) bond motifs is 1. The smallest absolute Gasteiger partial charge is 0.227 e. The van der Waals surface area contributed by atoms with Gasteiger partial charge < -0.3 is 15.8 Å². The van der Waals surface area contributed by atoms with Gasteiger partial charge >= 0.3 is 0 Å². The number of hydrogen-bond donors (Lipinski definition) is 3. The number of carbonyl (C=O) groups excluding carboxylic acids is 1. The van der Waals surface area contributed by atoms with Crippen molar-refractivity contribution < 1.29 is 9.53 Å². The molecule has 4 N–H and O–H groups in total. The van der Waals surface area contributed by atoms with Crippen LogP contribution in [-0.2, 0) is 11.2 Å². The molecule has 5 aromatic rings. The van der Waals surface area contributed by atoms with E-state index in [0.29, 0.717) is 12.4 Å². The Bertz CT molecular complexity index is 1670. The van der Waals surface area contributed by atoms with E-state index in [1.807, 2.05) is 61.5 Å². The van der Waals surface area contributed by atoms with Crippen molar-refractivity contribution in [3.8, 4) is 28.1 Å². The highest BCUT2D eigenvalue weighted by molar-refractivity contribution is 5.94. The molecule has 6 rings (SSSR count). The van der Waals surface area contributed by atoms with E-state index in [1.165, 1.54) is 12.0 Å². The summed E-state index contributed by atoms with van der Waals surface area (Å²) in [5.41, 5.74) is 14.0. The quantitative estimate of drug-likeness (QED) is 0.179. The molecule has 0 unspecified atom stereocenters. The van der Waals surface area contributed by atoms with Crippen LogP contribution >= 0.6 is 0 Å². The molecule has 1 aliphatic carbocycles. The second-order valence-corrected chi connectivity index (χ2v) is 11.3. The van der Waals surface area contributed by atoms with E-state index in [0.717, 1.165) is 76.8 Å². The lowest BCUT2D eigenvalue weighted by Crippen LogP contribution is -2.30. The zero-order valence-electron chi connectivity index (χ0n) is 24.0. The molecule has 1 fully saturated rings. The van der Waals surface area contributed by atoms with Crippen LogP contribution in [0.25, 0.3) is 33.3 Å². The Balaban J connectivity index is 1.29. The first-order valence-corrected chi connectivity index (χ1v) is 14.8. The van der Waals surface area contributed by atoms with Crippen LogP contribution in [0.15, 0.2) is 85.1 Å². The molecule has 2 aromatic heterocycles. The van der Waals surface area contributed by atoms with E-state index in [1.54, 1.807) is 6.20 Å². The molecule has 1 amide bonds.